The van der Waals surface area contributed by atoms with Crippen molar-refractivity contribution >= 4 is 5.97 Å². The summed E-state index contributed by atoms with van der Waals surface area (Å²) in [6, 6.07) is 15.1. The Bertz CT molecular complexity index is 561. The molecule has 2 rings (SSSR count). The Kier molecular flexibility index (Phi) is 4.18. The van der Waals surface area contributed by atoms with Crippen LogP contribution >= 0.6 is 0 Å². The molecule has 0 radical (unpaired) electrons. The zero-order valence-electron chi connectivity index (χ0n) is 10.8. The Labute approximate surface area is 112 Å². The number of benzene rings is 2. The zero-order chi connectivity index (χ0) is 13.7. The van der Waals surface area contributed by atoms with Crippen LogP contribution < -0.4 is 4.74 Å². The van der Waals surface area contributed by atoms with E-state index in [0.29, 0.717) is 17.7 Å². The SMILES string of the molecule is COc1cccc(C(=O)O)c1CCc1ccccc1. The van der Waals surface area contributed by atoms with Gasteiger partial charge in [-0.3, -0.25) is 0 Å². The maximum Gasteiger partial charge on any atom is 0.336 e. The number of carbonyl (C=O) groups is 1. The van der Waals surface area contributed by atoms with Crippen molar-refractivity contribution in [3.05, 3.63) is 65.2 Å². The van der Waals surface area contributed by atoms with Crippen molar-refractivity contribution in [2.24, 2.45) is 0 Å². The number of carboxylic acid groups (broad SMARTS) is 1. The smallest absolute Gasteiger partial charge is 0.336 e. The largest absolute Gasteiger partial charge is 0.496 e. The van der Waals surface area contributed by atoms with E-state index >= 15 is 0 Å². The lowest BCUT2D eigenvalue weighted by Crippen LogP contribution is -2.06. The van der Waals surface area contributed by atoms with Gasteiger partial charge in [0.25, 0.3) is 0 Å². The molecule has 0 heterocycles. The van der Waals surface area contributed by atoms with Gasteiger partial charge >= 0.3 is 5.97 Å². The van der Waals surface area contributed by atoms with Gasteiger partial charge in [-0.1, -0.05) is 36.4 Å². The van der Waals surface area contributed by atoms with Crippen molar-refractivity contribution in [2.75, 3.05) is 7.11 Å². The molecule has 0 unspecified atom stereocenters. The summed E-state index contributed by atoms with van der Waals surface area (Å²) in [5.74, 6) is -0.280. The van der Waals surface area contributed by atoms with E-state index in [9.17, 15) is 9.90 Å². The molecule has 3 heteroatoms. The van der Waals surface area contributed by atoms with Gasteiger partial charge in [-0.05, 0) is 30.5 Å². The molecule has 98 valence electrons. The van der Waals surface area contributed by atoms with Crippen molar-refractivity contribution in [3.63, 3.8) is 0 Å². The van der Waals surface area contributed by atoms with E-state index in [1.807, 2.05) is 30.3 Å². The van der Waals surface area contributed by atoms with E-state index in [0.717, 1.165) is 12.0 Å². The first-order valence-electron chi connectivity index (χ1n) is 6.15. The maximum absolute atomic E-state index is 11.2. The normalized spacial score (nSPS) is 10.2. The van der Waals surface area contributed by atoms with Gasteiger partial charge < -0.3 is 9.84 Å². The molecule has 0 fully saturated rings. The third-order valence-electron chi connectivity index (χ3n) is 3.09. The second-order valence-corrected chi connectivity index (χ2v) is 4.28. The van der Waals surface area contributed by atoms with E-state index in [1.54, 1.807) is 25.3 Å². The van der Waals surface area contributed by atoms with Gasteiger partial charge in [0, 0.05) is 5.56 Å². The summed E-state index contributed by atoms with van der Waals surface area (Å²) in [5, 5.41) is 9.23. The Morgan fingerprint density at radius 3 is 2.42 bits per heavy atom. The van der Waals surface area contributed by atoms with Gasteiger partial charge in [-0.25, -0.2) is 4.79 Å². The molecule has 0 aromatic heterocycles. The van der Waals surface area contributed by atoms with Crippen molar-refractivity contribution in [1.82, 2.24) is 0 Å². The predicted octanol–water partition coefficient (Wildman–Crippen LogP) is 3.18. The van der Waals surface area contributed by atoms with Crippen LogP contribution in [0.5, 0.6) is 5.75 Å². The molecule has 0 aliphatic rings. The summed E-state index contributed by atoms with van der Waals surface area (Å²) in [4.78, 5) is 11.2. The standard InChI is InChI=1S/C16H16O3/c1-19-15-9-5-8-14(16(17)18)13(15)11-10-12-6-3-2-4-7-12/h2-9H,10-11H2,1H3,(H,17,18). The monoisotopic (exact) mass is 256 g/mol. The Morgan fingerprint density at radius 1 is 1.05 bits per heavy atom. The van der Waals surface area contributed by atoms with Gasteiger partial charge in [-0.15, -0.1) is 0 Å². The van der Waals surface area contributed by atoms with E-state index in [1.165, 1.54) is 5.56 Å². The van der Waals surface area contributed by atoms with Crippen LogP contribution in [0.25, 0.3) is 0 Å². The van der Waals surface area contributed by atoms with Crippen molar-refractivity contribution in [2.45, 2.75) is 12.8 Å². The molecule has 0 spiro atoms. The number of carboxylic acids is 1. The van der Waals surface area contributed by atoms with Gasteiger partial charge in [0.05, 0.1) is 12.7 Å². The fourth-order valence-corrected chi connectivity index (χ4v) is 2.13. The van der Waals surface area contributed by atoms with Crippen molar-refractivity contribution < 1.29 is 14.6 Å². The zero-order valence-corrected chi connectivity index (χ0v) is 10.8. The highest BCUT2D eigenvalue weighted by molar-refractivity contribution is 5.90. The molecule has 0 atom stereocenters. The highest BCUT2D eigenvalue weighted by atomic mass is 16.5. The molecule has 0 amide bonds. The number of methoxy groups -OCH3 is 1. The highest BCUT2D eigenvalue weighted by Crippen LogP contribution is 2.24. The molecule has 1 N–H and O–H groups in total. The molecule has 0 saturated heterocycles. The van der Waals surface area contributed by atoms with Gasteiger partial charge in [0.2, 0.25) is 0 Å². The first kappa shape index (κ1) is 13.1. The van der Waals surface area contributed by atoms with Crippen molar-refractivity contribution in [3.8, 4) is 5.75 Å². The third-order valence-corrected chi connectivity index (χ3v) is 3.09. The number of rotatable bonds is 5. The van der Waals surface area contributed by atoms with Crippen LogP contribution in [0.4, 0.5) is 0 Å². The van der Waals surface area contributed by atoms with Crippen LogP contribution in [0.15, 0.2) is 48.5 Å². The molecular weight excluding hydrogens is 240 g/mol. The molecule has 0 aliphatic heterocycles. The molecule has 0 saturated carbocycles. The molecule has 19 heavy (non-hydrogen) atoms. The Balaban J connectivity index is 2.25. The number of ether oxygens (including phenoxy) is 1. The minimum atomic E-state index is -0.915. The van der Waals surface area contributed by atoms with Crippen LogP contribution in [-0.4, -0.2) is 18.2 Å². The van der Waals surface area contributed by atoms with E-state index < -0.39 is 5.97 Å². The minimum absolute atomic E-state index is 0.315. The van der Waals surface area contributed by atoms with Crippen LogP contribution in [0.1, 0.15) is 21.5 Å². The average molecular weight is 256 g/mol. The molecule has 2 aromatic rings. The second kappa shape index (κ2) is 6.05. The van der Waals surface area contributed by atoms with E-state index in [4.69, 9.17) is 4.74 Å². The minimum Gasteiger partial charge on any atom is -0.496 e. The summed E-state index contributed by atoms with van der Waals surface area (Å²) in [6.45, 7) is 0. The van der Waals surface area contributed by atoms with Gasteiger partial charge in [0.15, 0.2) is 0 Å². The van der Waals surface area contributed by atoms with Gasteiger partial charge in [0.1, 0.15) is 5.75 Å². The highest BCUT2D eigenvalue weighted by Gasteiger charge is 2.14. The summed E-state index contributed by atoms with van der Waals surface area (Å²) < 4.78 is 5.26. The lowest BCUT2D eigenvalue weighted by atomic mass is 9.99. The number of aryl methyl sites for hydroxylation is 1. The molecule has 3 nitrogen and oxygen atoms in total. The third kappa shape index (κ3) is 3.13. The fourth-order valence-electron chi connectivity index (χ4n) is 2.13. The van der Waals surface area contributed by atoms with Crippen LogP contribution in [0.3, 0.4) is 0 Å². The fraction of sp³-hybridized carbons (Fsp3) is 0.188. The van der Waals surface area contributed by atoms with Crippen LogP contribution in [0.2, 0.25) is 0 Å². The summed E-state index contributed by atoms with van der Waals surface area (Å²) in [5.41, 5.74) is 2.25. The molecule has 0 bridgehead atoms. The maximum atomic E-state index is 11.2. The second-order valence-electron chi connectivity index (χ2n) is 4.28. The summed E-state index contributed by atoms with van der Waals surface area (Å²) in [7, 11) is 1.56. The molecular formula is C16H16O3. The first-order valence-corrected chi connectivity index (χ1v) is 6.15. The number of hydrogen-bond acceptors (Lipinski definition) is 2. The Morgan fingerprint density at radius 2 is 1.79 bits per heavy atom. The van der Waals surface area contributed by atoms with Crippen LogP contribution in [-0.2, 0) is 12.8 Å². The first-order chi connectivity index (χ1) is 9.22. The lowest BCUT2D eigenvalue weighted by Gasteiger charge is -2.11. The molecule has 0 aliphatic carbocycles. The molecule has 2 aromatic carbocycles. The predicted molar refractivity (Wildman–Crippen MR) is 73.8 cm³/mol. The van der Waals surface area contributed by atoms with E-state index in [-0.39, 0.29) is 0 Å². The van der Waals surface area contributed by atoms with Crippen LogP contribution in [0, 0.1) is 0 Å². The number of aromatic carboxylic acids is 1. The van der Waals surface area contributed by atoms with Gasteiger partial charge in [-0.2, -0.15) is 0 Å². The topological polar surface area (TPSA) is 46.5 Å². The lowest BCUT2D eigenvalue weighted by molar-refractivity contribution is 0.0695. The summed E-state index contributed by atoms with van der Waals surface area (Å²) >= 11 is 0. The number of hydrogen-bond donors (Lipinski definition) is 1. The quantitative estimate of drug-likeness (QED) is 0.893. The average Bonchev–Trinajstić information content (AvgIpc) is 2.45. The van der Waals surface area contributed by atoms with E-state index in [2.05, 4.69) is 0 Å². The Hall–Kier alpha value is -2.29. The van der Waals surface area contributed by atoms with Crippen molar-refractivity contribution in [1.29, 1.82) is 0 Å². The summed E-state index contributed by atoms with van der Waals surface area (Å²) in [6.07, 6.45) is 1.44.